The summed E-state index contributed by atoms with van der Waals surface area (Å²) in [6, 6.07) is 8.37. The third-order valence-electron chi connectivity index (χ3n) is 9.85. The second-order valence-electron chi connectivity index (χ2n) is 12.9. The maximum absolute atomic E-state index is 13.1. The minimum atomic E-state index is -0.967. The third-order valence-corrected chi connectivity index (χ3v) is 11.5. The van der Waals surface area contributed by atoms with Gasteiger partial charge < -0.3 is 20.6 Å². The summed E-state index contributed by atoms with van der Waals surface area (Å²) >= 11 is 0. The number of benzene rings is 1. The number of rotatable bonds is 5. The van der Waals surface area contributed by atoms with E-state index in [4.69, 9.17) is 5.11 Å². The molecule has 3 saturated carbocycles. The highest BCUT2D eigenvalue weighted by molar-refractivity contribution is 7.85. The van der Waals surface area contributed by atoms with Gasteiger partial charge in [0.05, 0.1) is 22.3 Å². The second kappa shape index (κ2) is 11.1. The van der Waals surface area contributed by atoms with Crippen LogP contribution in [-0.2, 0) is 21.0 Å². The van der Waals surface area contributed by atoms with Crippen LogP contribution in [0.4, 0.5) is 17.5 Å². The van der Waals surface area contributed by atoms with Crippen LogP contribution in [0.5, 0.6) is 0 Å². The van der Waals surface area contributed by atoms with Crippen molar-refractivity contribution in [2.24, 2.45) is 5.41 Å². The van der Waals surface area contributed by atoms with Gasteiger partial charge in [-0.1, -0.05) is 19.3 Å². The Morgan fingerprint density at radius 1 is 1.05 bits per heavy atom. The molecular formula is C31H43N5O3S. The standard InChI is InChI=1S/C25H31N5O2S.C6H12O/c1-16(2)30-11-9-24(10-12-30)13-19(14-24)33(32)18-5-3-17(4-6-18)27-23-26-15-20-21(29-23)28-22(31)25(20)7-8-25;7-6-4-2-1-3-5-6/h3-6,15-16,19H,7-14H2,1-2H3,(H2,26,27,28,29,31);6-7H,1-5H2. The summed E-state index contributed by atoms with van der Waals surface area (Å²) in [6.07, 6.45) is 14.1. The highest BCUT2D eigenvalue weighted by Crippen LogP contribution is 2.54. The Morgan fingerprint density at radius 3 is 2.30 bits per heavy atom. The molecule has 0 bridgehead atoms. The Hall–Kier alpha value is -2.36. The number of anilines is 3. The number of carbonyl (C=O) groups is 1. The van der Waals surface area contributed by atoms with Crippen molar-refractivity contribution in [3.63, 3.8) is 0 Å². The van der Waals surface area contributed by atoms with Crippen LogP contribution >= 0.6 is 0 Å². The van der Waals surface area contributed by atoms with Crippen LogP contribution in [0.3, 0.4) is 0 Å². The van der Waals surface area contributed by atoms with Crippen molar-refractivity contribution in [2.45, 2.75) is 112 Å². The molecule has 40 heavy (non-hydrogen) atoms. The van der Waals surface area contributed by atoms with Crippen LogP contribution in [0.25, 0.3) is 0 Å². The first-order valence-corrected chi connectivity index (χ1v) is 16.4. The van der Waals surface area contributed by atoms with Crippen molar-refractivity contribution in [3.05, 3.63) is 36.0 Å². The van der Waals surface area contributed by atoms with E-state index >= 15 is 0 Å². The van der Waals surface area contributed by atoms with Gasteiger partial charge in [-0.2, -0.15) is 4.98 Å². The fraction of sp³-hybridized carbons (Fsp3) is 0.645. The zero-order valence-electron chi connectivity index (χ0n) is 23.8. The molecule has 1 amide bonds. The minimum absolute atomic E-state index is 0.0359. The third kappa shape index (κ3) is 5.57. The average Bonchev–Trinajstić information content (AvgIpc) is 3.70. The topological polar surface area (TPSA) is 107 Å². The molecule has 7 rings (SSSR count). The molecule has 216 valence electrons. The van der Waals surface area contributed by atoms with Crippen LogP contribution in [-0.4, -0.2) is 60.6 Å². The van der Waals surface area contributed by atoms with Crippen LogP contribution in [0.15, 0.2) is 35.4 Å². The molecule has 8 nitrogen and oxygen atoms in total. The summed E-state index contributed by atoms with van der Waals surface area (Å²) in [5.74, 6) is 1.11. The van der Waals surface area contributed by atoms with E-state index in [1.807, 2.05) is 24.3 Å². The zero-order valence-corrected chi connectivity index (χ0v) is 24.6. The molecule has 1 aromatic carbocycles. The number of amides is 1. The number of nitrogens with one attached hydrogen (secondary N) is 2. The lowest BCUT2D eigenvalue weighted by Crippen LogP contribution is -2.51. The second-order valence-corrected chi connectivity index (χ2v) is 14.6. The van der Waals surface area contributed by atoms with E-state index in [0.29, 0.717) is 23.2 Å². The predicted molar refractivity (Wildman–Crippen MR) is 158 cm³/mol. The van der Waals surface area contributed by atoms with Gasteiger partial charge in [-0.3, -0.25) is 9.00 Å². The fourth-order valence-corrected chi connectivity index (χ4v) is 8.71. The maximum Gasteiger partial charge on any atom is 0.236 e. The normalized spacial score (nSPS) is 24.1. The Bertz CT molecular complexity index is 1240. The first-order valence-electron chi connectivity index (χ1n) is 15.2. The Labute approximate surface area is 240 Å². The lowest BCUT2D eigenvalue weighted by molar-refractivity contribution is -0.117. The lowest BCUT2D eigenvalue weighted by atomic mass is 9.63. The van der Waals surface area contributed by atoms with Gasteiger partial charge >= 0.3 is 0 Å². The number of fused-ring (bicyclic) bond motifs is 2. The molecule has 1 saturated heterocycles. The zero-order chi connectivity index (χ0) is 27.9. The summed E-state index contributed by atoms with van der Waals surface area (Å²) in [6.45, 7) is 6.89. The minimum Gasteiger partial charge on any atom is -0.393 e. The molecule has 3 aliphatic carbocycles. The predicted octanol–water partition coefficient (Wildman–Crippen LogP) is 5.28. The molecule has 1 unspecified atom stereocenters. The smallest absolute Gasteiger partial charge is 0.236 e. The Kier molecular flexibility index (Phi) is 7.74. The molecular weight excluding hydrogens is 522 g/mol. The van der Waals surface area contributed by atoms with Crippen LogP contribution in [0.2, 0.25) is 0 Å². The number of aliphatic hydroxyl groups is 1. The van der Waals surface area contributed by atoms with Gasteiger partial charge in [0, 0.05) is 33.6 Å². The quantitative estimate of drug-likeness (QED) is 0.453. The molecule has 5 aliphatic rings. The number of aliphatic hydroxyl groups excluding tert-OH is 1. The first kappa shape index (κ1) is 27.8. The molecule has 3 N–H and O–H groups in total. The largest absolute Gasteiger partial charge is 0.393 e. The van der Waals surface area contributed by atoms with Gasteiger partial charge in [-0.15, -0.1) is 0 Å². The Morgan fingerprint density at radius 2 is 1.73 bits per heavy atom. The van der Waals surface area contributed by atoms with Crippen LogP contribution < -0.4 is 10.6 Å². The van der Waals surface area contributed by atoms with Gasteiger partial charge in [0.25, 0.3) is 0 Å². The van der Waals surface area contributed by atoms with Gasteiger partial charge in [-0.25, -0.2) is 4.98 Å². The number of carbonyl (C=O) groups excluding carboxylic acids is 1. The highest BCUT2D eigenvalue weighted by atomic mass is 32.2. The number of likely N-dealkylation sites (tertiary alicyclic amines) is 1. The van der Waals surface area contributed by atoms with Crippen molar-refractivity contribution in [3.8, 4) is 0 Å². The van der Waals surface area contributed by atoms with E-state index in [1.54, 1.807) is 6.20 Å². The van der Waals surface area contributed by atoms with Crippen molar-refractivity contribution in [2.75, 3.05) is 23.7 Å². The van der Waals surface area contributed by atoms with Crippen LogP contribution in [0.1, 0.15) is 90.0 Å². The van der Waals surface area contributed by atoms with Gasteiger partial charge in [0.15, 0.2) is 0 Å². The van der Waals surface area contributed by atoms with Crippen molar-refractivity contribution >= 4 is 34.2 Å². The summed E-state index contributed by atoms with van der Waals surface area (Å²) in [4.78, 5) is 24.5. The molecule has 3 heterocycles. The van der Waals surface area contributed by atoms with E-state index in [2.05, 4.69) is 39.3 Å². The van der Waals surface area contributed by atoms with Crippen molar-refractivity contribution in [1.82, 2.24) is 14.9 Å². The maximum atomic E-state index is 13.1. The van der Waals surface area contributed by atoms with Gasteiger partial charge in [0.1, 0.15) is 5.82 Å². The molecule has 9 heteroatoms. The fourth-order valence-electron chi connectivity index (χ4n) is 6.91. The molecule has 1 atom stereocenters. The number of aromatic nitrogens is 2. The van der Waals surface area contributed by atoms with E-state index in [0.717, 1.165) is 54.7 Å². The monoisotopic (exact) mass is 565 g/mol. The molecule has 1 aromatic heterocycles. The summed E-state index contributed by atoms with van der Waals surface area (Å²) < 4.78 is 13.1. The van der Waals surface area contributed by atoms with E-state index < -0.39 is 10.8 Å². The molecule has 4 fully saturated rings. The number of hydrogen-bond acceptors (Lipinski definition) is 7. The molecule has 2 aliphatic heterocycles. The molecule has 0 radical (unpaired) electrons. The van der Waals surface area contributed by atoms with Crippen LogP contribution in [0, 0.1) is 5.41 Å². The SMILES string of the molecule is CC(C)N1CCC2(CC1)CC(S(=O)c1ccc(Nc3ncc4c(n3)NC(=O)C43CC3)cc1)C2.OC1CCCCC1. The summed E-state index contributed by atoms with van der Waals surface area (Å²) in [5, 5.41) is 15.3. The highest BCUT2D eigenvalue weighted by Gasteiger charge is 2.57. The van der Waals surface area contributed by atoms with Gasteiger partial charge in [-0.05, 0) is 108 Å². The summed E-state index contributed by atoms with van der Waals surface area (Å²) in [7, 11) is -0.967. The lowest BCUT2D eigenvalue weighted by Gasteiger charge is -2.52. The van der Waals surface area contributed by atoms with E-state index in [-0.39, 0.29) is 22.7 Å². The van der Waals surface area contributed by atoms with Crippen molar-refractivity contribution < 1.29 is 14.1 Å². The van der Waals surface area contributed by atoms with Crippen molar-refractivity contribution in [1.29, 1.82) is 0 Å². The number of nitrogens with zero attached hydrogens (tertiary/aromatic N) is 3. The molecule has 2 aromatic rings. The first-order chi connectivity index (χ1) is 19.3. The molecule has 2 spiro atoms. The number of piperidine rings is 1. The Balaban J connectivity index is 0.000000363. The summed E-state index contributed by atoms with van der Waals surface area (Å²) in [5.41, 5.74) is 1.81. The van der Waals surface area contributed by atoms with E-state index in [9.17, 15) is 9.00 Å². The average molecular weight is 566 g/mol. The number of hydrogen-bond donors (Lipinski definition) is 3. The van der Waals surface area contributed by atoms with Gasteiger partial charge in [0.2, 0.25) is 11.9 Å². The van der Waals surface area contributed by atoms with E-state index in [1.165, 1.54) is 45.2 Å².